The molecule has 0 spiro atoms. The van der Waals surface area contributed by atoms with E-state index in [1.54, 1.807) is 0 Å². The Bertz CT molecular complexity index is 1240. The van der Waals surface area contributed by atoms with E-state index in [-0.39, 0.29) is 22.8 Å². The molecule has 0 fully saturated rings. The third-order valence-corrected chi connectivity index (χ3v) is 3.95. The van der Waals surface area contributed by atoms with Crippen LogP contribution in [0.4, 0.5) is 11.5 Å². The van der Waals surface area contributed by atoms with Crippen LogP contribution in [0.5, 0.6) is 0 Å². The van der Waals surface area contributed by atoms with Gasteiger partial charge in [0.05, 0.1) is 4.92 Å². The molecule has 2 N–H and O–H groups in total. The van der Waals surface area contributed by atoms with Crippen LogP contribution in [0, 0.1) is 10.1 Å². The second-order valence-corrected chi connectivity index (χ2v) is 5.81. The van der Waals surface area contributed by atoms with E-state index in [4.69, 9.17) is 0 Å². The van der Waals surface area contributed by atoms with Crippen LogP contribution in [0.25, 0.3) is 17.2 Å². The Morgan fingerprint density at radius 2 is 1.82 bits per heavy atom. The van der Waals surface area contributed by atoms with Crippen LogP contribution < -0.4 is 10.9 Å². The molecular formula is C18H12N6O4. The van der Waals surface area contributed by atoms with Gasteiger partial charge in [0, 0.05) is 29.3 Å². The maximum absolute atomic E-state index is 12.5. The number of nitro groups is 1. The van der Waals surface area contributed by atoms with E-state index in [0.29, 0.717) is 5.82 Å². The Balaban J connectivity index is 1.70. The molecule has 10 heteroatoms. The number of carbonyl (C=O) groups is 1. The van der Waals surface area contributed by atoms with Crippen molar-refractivity contribution in [2.75, 3.05) is 5.32 Å². The predicted molar refractivity (Wildman–Crippen MR) is 100 cm³/mol. The minimum Gasteiger partial charge on any atom is -0.306 e. The van der Waals surface area contributed by atoms with Gasteiger partial charge in [-0.1, -0.05) is 30.3 Å². The number of rotatable bonds is 4. The first kappa shape index (κ1) is 17.1. The van der Waals surface area contributed by atoms with Crippen molar-refractivity contribution in [2.45, 2.75) is 0 Å². The molecule has 0 unspecified atom stereocenters. The number of anilines is 1. The summed E-state index contributed by atoms with van der Waals surface area (Å²) >= 11 is 0. The lowest BCUT2D eigenvalue weighted by Gasteiger charge is -2.06. The summed E-state index contributed by atoms with van der Waals surface area (Å²) in [5, 5.41) is 17.7. The van der Waals surface area contributed by atoms with E-state index >= 15 is 0 Å². The Morgan fingerprint density at radius 3 is 2.50 bits per heavy atom. The van der Waals surface area contributed by atoms with Gasteiger partial charge in [0.1, 0.15) is 5.82 Å². The number of hydrogen-bond acceptors (Lipinski definition) is 6. The van der Waals surface area contributed by atoms with Crippen molar-refractivity contribution in [1.82, 2.24) is 19.6 Å². The van der Waals surface area contributed by atoms with Gasteiger partial charge in [-0.2, -0.15) is 9.50 Å². The fourth-order valence-electron chi connectivity index (χ4n) is 2.61. The van der Waals surface area contributed by atoms with Gasteiger partial charge in [-0.05, 0) is 12.1 Å². The van der Waals surface area contributed by atoms with Gasteiger partial charge in [0.15, 0.2) is 5.82 Å². The van der Waals surface area contributed by atoms with Gasteiger partial charge in [-0.3, -0.25) is 24.7 Å². The van der Waals surface area contributed by atoms with Gasteiger partial charge in [0.2, 0.25) is 5.78 Å². The first-order chi connectivity index (χ1) is 13.5. The average Bonchev–Trinajstić information content (AvgIpc) is 3.13. The molecule has 0 atom stereocenters. The zero-order valence-electron chi connectivity index (χ0n) is 14.2. The zero-order valence-corrected chi connectivity index (χ0v) is 14.2. The first-order valence-electron chi connectivity index (χ1n) is 8.12. The van der Waals surface area contributed by atoms with Gasteiger partial charge in [-0.25, -0.2) is 0 Å². The Labute approximate surface area is 156 Å². The number of nitro benzene ring substituents is 1. The standard InChI is InChI=1S/C18H12N6O4/c25-15-10-14(19-17(26)12-6-8-13(9-7-12)24(27)28)23-18(20-15)21-16(22-23)11-4-2-1-3-5-11/h1-10H,(H,19,26)(H,20,21,22,25). The number of hydrogen-bond donors (Lipinski definition) is 2. The molecule has 0 aliphatic heterocycles. The maximum Gasteiger partial charge on any atom is 0.269 e. The van der Waals surface area contributed by atoms with Gasteiger partial charge >= 0.3 is 0 Å². The van der Waals surface area contributed by atoms with Crippen LogP contribution in [-0.2, 0) is 0 Å². The lowest BCUT2D eigenvalue weighted by Crippen LogP contribution is -2.18. The summed E-state index contributed by atoms with van der Waals surface area (Å²) in [6.45, 7) is 0. The maximum atomic E-state index is 12.5. The number of H-pyrrole nitrogens is 1. The molecule has 0 saturated heterocycles. The lowest BCUT2D eigenvalue weighted by molar-refractivity contribution is -0.384. The molecule has 0 bridgehead atoms. The zero-order chi connectivity index (χ0) is 19.7. The van der Waals surface area contributed by atoms with Crippen LogP contribution in [0.3, 0.4) is 0 Å². The van der Waals surface area contributed by atoms with E-state index in [1.165, 1.54) is 34.8 Å². The fourth-order valence-corrected chi connectivity index (χ4v) is 2.61. The summed E-state index contributed by atoms with van der Waals surface area (Å²) in [5.41, 5.74) is 0.361. The topological polar surface area (TPSA) is 135 Å². The number of carbonyl (C=O) groups excluding carboxylic acids is 1. The van der Waals surface area contributed by atoms with Crippen LogP contribution in [0.15, 0.2) is 65.5 Å². The lowest BCUT2D eigenvalue weighted by atomic mass is 10.2. The summed E-state index contributed by atoms with van der Waals surface area (Å²) in [4.78, 5) is 41.4. The van der Waals surface area contributed by atoms with Crippen LogP contribution in [0.2, 0.25) is 0 Å². The quantitative estimate of drug-likeness (QED) is 0.414. The molecule has 2 heterocycles. The molecule has 4 rings (SSSR count). The second kappa shape index (κ2) is 6.76. The molecule has 1 amide bonds. The van der Waals surface area contributed by atoms with Crippen molar-refractivity contribution >= 4 is 23.2 Å². The highest BCUT2D eigenvalue weighted by Crippen LogP contribution is 2.17. The number of nitrogens with zero attached hydrogens (tertiary/aromatic N) is 4. The Kier molecular flexibility index (Phi) is 4.13. The van der Waals surface area contributed by atoms with Crippen molar-refractivity contribution in [3.63, 3.8) is 0 Å². The molecule has 2 aromatic heterocycles. The monoisotopic (exact) mass is 376 g/mol. The summed E-state index contributed by atoms with van der Waals surface area (Å²) in [6, 6.07) is 15.5. The number of nitrogens with one attached hydrogen (secondary N) is 2. The van der Waals surface area contributed by atoms with Crippen molar-refractivity contribution in [3.05, 3.63) is 86.7 Å². The number of non-ortho nitro benzene ring substituents is 1. The molecule has 10 nitrogen and oxygen atoms in total. The molecule has 138 valence electrons. The first-order valence-corrected chi connectivity index (χ1v) is 8.12. The summed E-state index contributed by atoms with van der Waals surface area (Å²) in [6.07, 6.45) is 0. The molecule has 0 radical (unpaired) electrons. The van der Waals surface area contributed by atoms with Crippen LogP contribution >= 0.6 is 0 Å². The highest BCUT2D eigenvalue weighted by Gasteiger charge is 2.15. The van der Waals surface area contributed by atoms with E-state index in [9.17, 15) is 19.7 Å². The van der Waals surface area contributed by atoms with Crippen LogP contribution in [-0.4, -0.2) is 30.4 Å². The van der Waals surface area contributed by atoms with E-state index < -0.39 is 16.4 Å². The summed E-state index contributed by atoms with van der Waals surface area (Å²) < 4.78 is 1.31. The van der Waals surface area contributed by atoms with Gasteiger partial charge in [0.25, 0.3) is 17.2 Å². The fraction of sp³-hybridized carbons (Fsp3) is 0. The van der Waals surface area contributed by atoms with Crippen molar-refractivity contribution < 1.29 is 9.72 Å². The predicted octanol–water partition coefficient (Wildman–Crippen LogP) is 2.25. The summed E-state index contributed by atoms with van der Waals surface area (Å²) in [7, 11) is 0. The number of aromatic nitrogens is 4. The molecule has 2 aromatic carbocycles. The Hall–Kier alpha value is -4.34. The number of amides is 1. The van der Waals surface area contributed by atoms with Crippen molar-refractivity contribution in [2.24, 2.45) is 0 Å². The minimum absolute atomic E-state index is 0.122. The molecule has 4 aromatic rings. The van der Waals surface area contributed by atoms with Crippen LogP contribution in [0.1, 0.15) is 10.4 Å². The molecule has 0 aliphatic rings. The number of fused-ring (bicyclic) bond motifs is 1. The molecule has 0 aliphatic carbocycles. The SMILES string of the molecule is O=C(Nc1cc(=O)[nH]c2nc(-c3ccccc3)nn12)c1ccc([N+](=O)[O-])cc1. The smallest absolute Gasteiger partial charge is 0.269 e. The normalized spacial score (nSPS) is 10.7. The molecule has 0 saturated carbocycles. The highest BCUT2D eigenvalue weighted by molar-refractivity contribution is 6.04. The highest BCUT2D eigenvalue weighted by atomic mass is 16.6. The minimum atomic E-state index is -0.553. The van der Waals surface area contributed by atoms with E-state index in [2.05, 4.69) is 20.4 Å². The van der Waals surface area contributed by atoms with E-state index in [1.807, 2.05) is 30.3 Å². The second-order valence-electron chi connectivity index (χ2n) is 5.81. The third kappa shape index (κ3) is 3.21. The van der Waals surface area contributed by atoms with Crippen molar-refractivity contribution in [1.29, 1.82) is 0 Å². The van der Waals surface area contributed by atoms with E-state index in [0.717, 1.165) is 5.56 Å². The third-order valence-electron chi connectivity index (χ3n) is 3.95. The number of aromatic amines is 1. The Morgan fingerprint density at radius 1 is 1.11 bits per heavy atom. The molecular weight excluding hydrogens is 364 g/mol. The van der Waals surface area contributed by atoms with Gasteiger partial charge < -0.3 is 5.32 Å². The number of benzene rings is 2. The summed E-state index contributed by atoms with van der Waals surface area (Å²) in [5.74, 6) is 0.133. The van der Waals surface area contributed by atoms with Gasteiger partial charge in [-0.15, -0.1) is 5.10 Å². The largest absolute Gasteiger partial charge is 0.306 e. The molecule has 28 heavy (non-hydrogen) atoms. The van der Waals surface area contributed by atoms with Crippen molar-refractivity contribution in [3.8, 4) is 11.4 Å². The average molecular weight is 376 g/mol.